The molecule has 0 amide bonds. The van der Waals surface area contributed by atoms with Crippen molar-refractivity contribution in [2.24, 2.45) is 0 Å². The number of benzene rings is 1. The summed E-state index contributed by atoms with van der Waals surface area (Å²) in [6.45, 7) is 4.42. The fraction of sp³-hybridized carbons (Fsp3) is 0.412. The zero-order chi connectivity index (χ0) is 16.0. The van der Waals surface area contributed by atoms with Gasteiger partial charge in [0.2, 0.25) is 0 Å². The van der Waals surface area contributed by atoms with E-state index >= 15 is 0 Å². The Hall–Kier alpha value is -2.34. The van der Waals surface area contributed by atoms with E-state index in [0.29, 0.717) is 12.4 Å². The number of aromatic nitrogens is 2. The maximum atomic E-state index is 13.1. The van der Waals surface area contributed by atoms with Gasteiger partial charge in [0.15, 0.2) is 0 Å². The molecular weight excluding hydrogens is 290 g/mol. The number of hydrogen-bond donors (Lipinski definition) is 3. The van der Waals surface area contributed by atoms with Crippen molar-refractivity contribution in [3.63, 3.8) is 0 Å². The lowest BCUT2D eigenvalue weighted by molar-refractivity contribution is 0.0859. The summed E-state index contributed by atoms with van der Waals surface area (Å²) in [6, 6.07) is 6.09. The summed E-state index contributed by atoms with van der Waals surface area (Å²) in [7, 11) is 0. The van der Waals surface area contributed by atoms with Gasteiger partial charge in [0, 0.05) is 37.3 Å². The minimum absolute atomic E-state index is 0.0229. The Morgan fingerprint density at radius 1 is 1.39 bits per heavy atom. The quantitative estimate of drug-likeness (QED) is 0.746. The molecule has 6 heteroatoms. The molecular formula is C17H21N5O. The van der Waals surface area contributed by atoms with Crippen molar-refractivity contribution in [2.75, 3.05) is 24.1 Å². The van der Waals surface area contributed by atoms with E-state index in [1.165, 1.54) is 4.68 Å². The van der Waals surface area contributed by atoms with Crippen LogP contribution < -0.4 is 16.4 Å². The third-order valence-corrected chi connectivity index (χ3v) is 4.87. The lowest BCUT2D eigenvalue weighted by atomic mass is 9.88. The summed E-state index contributed by atoms with van der Waals surface area (Å²) in [4.78, 5) is 13.1. The highest BCUT2D eigenvalue weighted by molar-refractivity contribution is 5.90. The SMILES string of the molecule is Cc1cccc2c1NCCC2C(=O)n1nc2c(c1N)CNCC2. The average molecular weight is 311 g/mol. The summed E-state index contributed by atoms with van der Waals surface area (Å²) in [6.07, 6.45) is 1.58. The van der Waals surface area contributed by atoms with E-state index in [2.05, 4.69) is 28.7 Å². The maximum Gasteiger partial charge on any atom is 0.256 e. The molecule has 1 atom stereocenters. The van der Waals surface area contributed by atoms with Crippen LogP contribution >= 0.6 is 0 Å². The van der Waals surface area contributed by atoms with Gasteiger partial charge in [-0.25, -0.2) is 0 Å². The maximum absolute atomic E-state index is 13.1. The minimum Gasteiger partial charge on any atom is -0.385 e. The predicted molar refractivity (Wildman–Crippen MR) is 89.7 cm³/mol. The van der Waals surface area contributed by atoms with Crippen LogP contribution in [0.2, 0.25) is 0 Å². The molecule has 2 aliphatic rings. The highest BCUT2D eigenvalue weighted by atomic mass is 16.2. The van der Waals surface area contributed by atoms with E-state index in [9.17, 15) is 4.79 Å². The molecule has 0 fully saturated rings. The molecule has 1 aromatic carbocycles. The van der Waals surface area contributed by atoms with Gasteiger partial charge >= 0.3 is 0 Å². The monoisotopic (exact) mass is 311 g/mol. The first-order chi connectivity index (χ1) is 11.2. The van der Waals surface area contributed by atoms with Crippen molar-refractivity contribution in [3.05, 3.63) is 40.6 Å². The van der Waals surface area contributed by atoms with Gasteiger partial charge in [0.1, 0.15) is 5.82 Å². The van der Waals surface area contributed by atoms with Crippen molar-refractivity contribution in [3.8, 4) is 0 Å². The van der Waals surface area contributed by atoms with Crippen molar-refractivity contribution in [1.29, 1.82) is 0 Å². The van der Waals surface area contributed by atoms with E-state index in [0.717, 1.165) is 54.0 Å². The lowest BCUT2D eigenvalue weighted by Gasteiger charge is -2.27. The fourth-order valence-corrected chi connectivity index (χ4v) is 3.62. The van der Waals surface area contributed by atoms with Gasteiger partial charge in [-0.2, -0.15) is 9.78 Å². The first-order valence-electron chi connectivity index (χ1n) is 8.11. The van der Waals surface area contributed by atoms with Crippen LogP contribution in [0, 0.1) is 6.92 Å². The molecule has 0 aliphatic carbocycles. The number of anilines is 2. The fourth-order valence-electron chi connectivity index (χ4n) is 3.62. The molecule has 1 unspecified atom stereocenters. The second-order valence-corrected chi connectivity index (χ2v) is 6.29. The zero-order valence-electron chi connectivity index (χ0n) is 13.2. The Bertz CT molecular complexity index is 780. The number of para-hydroxylation sites is 1. The standard InChI is InChI=1S/C17H21N5O/c1-10-3-2-4-11-12(5-8-20-15(10)11)17(23)22-16(18)13-9-19-7-6-14(13)21-22/h2-4,12,19-20H,5-9,18H2,1H3. The van der Waals surface area contributed by atoms with Crippen molar-refractivity contribution in [1.82, 2.24) is 15.1 Å². The van der Waals surface area contributed by atoms with Gasteiger partial charge in [-0.1, -0.05) is 18.2 Å². The highest BCUT2D eigenvalue weighted by Gasteiger charge is 2.31. The van der Waals surface area contributed by atoms with Gasteiger partial charge < -0.3 is 16.4 Å². The van der Waals surface area contributed by atoms with Crippen LogP contribution in [-0.4, -0.2) is 28.8 Å². The number of nitrogens with one attached hydrogen (secondary N) is 2. The summed E-state index contributed by atoms with van der Waals surface area (Å²) in [5, 5.41) is 11.2. The number of nitrogen functional groups attached to an aromatic ring is 1. The van der Waals surface area contributed by atoms with E-state index in [-0.39, 0.29) is 11.8 Å². The molecule has 0 bridgehead atoms. The Labute approximate surface area is 135 Å². The molecule has 1 aromatic heterocycles. The number of nitrogens with zero attached hydrogens (tertiary/aromatic N) is 2. The number of hydrogen-bond acceptors (Lipinski definition) is 5. The third kappa shape index (κ3) is 2.21. The smallest absolute Gasteiger partial charge is 0.256 e. The number of aryl methyl sites for hydroxylation is 1. The summed E-state index contributed by atoms with van der Waals surface area (Å²) < 4.78 is 1.43. The normalized spacial score (nSPS) is 19.6. The van der Waals surface area contributed by atoms with Crippen LogP contribution in [0.5, 0.6) is 0 Å². The zero-order valence-corrected chi connectivity index (χ0v) is 13.2. The Kier molecular flexibility index (Phi) is 3.34. The highest BCUT2D eigenvalue weighted by Crippen LogP contribution is 2.35. The predicted octanol–water partition coefficient (Wildman–Crippen LogP) is 1.66. The second-order valence-electron chi connectivity index (χ2n) is 6.29. The van der Waals surface area contributed by atoms with Gasteiger partial charge in [0.05, 0.1) is 11.6 Å². The lowest BCUT2D eigenvalue weighted by Crippen LogP contribution is -2.28. The number of carbonyl (C=O) groups is 1. The summed E-state index contributed by atoms with van der Waals surface area (Å²) in [5.41, 5.74) is 11.4. The van der Waals surface area contributed by atoms with E-state index in [4.69, 9.17) is 5.73 Å². The Morgan fingerprint density at radius 3 is 3.09 bits per heavy atom. The second kappa shape index (κ2) is 5.38. The molecule has 2 aliphatic heterocycles. The van der Waals surface area contributed by atoms with E-state index < -0.39 is 0 Å². The van der Waals surface area contributed by atoms with Crippen LogP contribution in [0.25, 0.3) is 0 Å². The van der Waals surface area contributed by atoms with Crippen LogP contribution in [0.1, 0.15) is 39.5 Å². The van der Waals surface area contributed by atoms with Crippen LogP contribution in [0.15, 0.2) is 18.2 Å². The molecule has 4 rings (SSSR count). The van der Waals surface area contributed by atoms with Gasteiger partial charge in [-0.05, 0) is 24.5 Å². The molecule has 0 radical (unpaired) electrons. The number of fused-ring (bicyclic) bond motifs is 2. The molecule has 0 spiro atoms. The van der Waals surface area contributed by atoms with E-state index in [1.807, 2.05) is 12.1 Å². The molecule has 3 heterocycles. The molecule has 23 heavy (non-hydrogen) atoms. The largest absolute Gasteiger partial charge is 0.385 e. The molecule has 4 N–H and O–H groups in total. The topological polar surface area (TPSA) is 85.0 Å². The van der Waals surface area contributed by atoms with Gasteiger partial charge in [-0.15, -0.1) is 0 Å². The molecule has 120 valence electrons. The third-order valence-electron chi connectivity index (χ3n) is 4.87. The molecule has 0 saturated carbocycles. The minimum atomic E-state index is -0.192. The molecule has 2 aromatic rings. The van der Waals surface area contributed by atoms with E-state index in [1.54, 1.807) is 0 Å². The van der Waals surface area contributed by atoms with Crippen molar-refractivity contribution >= 4 is 17.4 Å². The van der Waals surface area contributed by atoms with Crippen LogP contribution in [0.4, 0.5) is 11.5 Å². The number of nitrogens with two attached hydrogens (primary N) is 1. The first-order valence-corrected chi connectivity index (χ1v) is 8.11. The average Bonchev–Trinajstić information content (AvgIpc) is 2.92. The van der Waals surface area contributed by atoms with Crippen LogP contribution in [0.3, 0.4) is 0 Å². The van der Waals surface area contributed by atoms with Crippen LogP contribution in [-0.2, 0) is 13.0 Å². The molecule has 0 saturated heterocycles. The van der Waals surface area contributed by atoms with Gasteiger partial charge in [0.25, 0.3) is 5.91 Å². The Morgan fingerprint density at radius 2 is 2.26 bits per heavy atom. The number of carbonyl (C=O) groups excluding carboxylic acids is 1. The summed E-state index contributed by atoms with van der Waals surface area (Å²) >= 11 is 0. The van der Waals surface area contributed by atoms with Gasteiger partial charge in [-0.3, -0.25) is 4.79 Å². The Balaban J connectivity index is 1.74. The molecule has 6 nitrogen and oxygen atoms in total. The first kappa shape index (κ1) is 14.3. The van der Waals surface area contributed by atoms with Crippen molar-refractivity contribution in [2.45, 2.75) is 32.2 Å². The summed E-state index contributed by atoms with van der Waals surface area (Å²) in [5.74, 6) is 0.276. The number of rotatable bonds is 1. The van der Waals surface area contributed by atoms with Crippen molar-refractivity contribution < 1.29 is 4.79 Å².